The van der Waals surface area contributed by atoms with Crippen molar-refractivity contribution in [2.75, 3.05) is 24.5 Å². The van der Waals surface area contributed by atoms with Crippen molar-refractivity contribution in [2.45, 2.75) is 38.8 Å². The summed E-state index contributed by atoms with van der Waals surface area (Å²) in [4.78, 5) is 16.7. The predicted octanol–water partition coefficient (Wildman–Crippen LogP) is 6.10. The Labute approximate surface area is 194 Å². The number of benzene rings is 3. The molecule has 2 fully saturated rings. The maximum atomic E-state index is 13.7. The summed E-state index contributed by atoms with van der Waals surface area (Å²) in [6, 6.07) is 21.0. The van der Waals surface area contributed by atoms with E-state index in [0.29, 0.717) is 6.54 Å². The largest absolute Gasteiger partial charge is 0.441 e. The molecular weight excluding hydrogens is 415 g/mol. The van der Waals surface area contributed by atoms with Gasteiger partial charge in [-0.05, 0) is 65.9 Å². The molecule has 5 heteroatoms. The number of likely N-dealkylation sites (tertiary alicyclic amines) is 1. The van der Waals surface area contributed by atoms with Crippen molar-refractivity contribution in [3.63, 3.8) is 0 Å². The topological polar surface area (TPSA) is 32.8 Å². The number of aryl methyl sites for hydroxylation is 2. The molecule has 0 aliphatic carbocycles. The summed E-state index contributed by atoms with van der Waals surface area (Å²) in [5, 5.41) is 0. The molecule has 4 nitrogen and oxygen atoms in total. The average Bonchev–Trinajstić information content (AvgIpc) is 3.11. The first-order chi connectivity index (χ1) is 15.9. The highest BCUT2D eigenvalue weighted by Gasteiger charge is 2.47. The molecule has 3 aromatic carbocycles. The first kappa shape index (κ1) is 21.7. The first-order valence-corrected chi connectivity index (χ1v) is 11.6. The Bertz CT molecular complexity index is 1150. The summed E-state index contributed by atoms with van der Waals surface area (Å²) in [7, 11) is 0. The third-order valence-electron chi connectivity index (χ3n) is 6.92. The summed E-state index contributed by atoms with van der Waals surface area (Å²) in [6.07, 6.45) is 1.43. The number of amides is 1. The molecule has 1 amide bonds. The zero-order valence-corrected chi connectivity index (χ0v) is 19.2. The van der Waals surface area contributed by atoms with Crippen LogP contribution in [0.15, 0.2) is 66.7 Å². The Morgan fingerprint density at radius 1 is 0.939 bits per heavy atom. The maximum Gasteiger partial charge on any atom is 0.415 e. The highest BCUT2D eigenvalue weighted by Crippen LogP contribution is 2.36. The number of nitrogens with zero attached hydrogens (tertiary/aromatic N) is 2. The Hall–Kier alpha value is -3.18. The highest BCUT2D eigenvalue weighted by molar-refractivity contribution is 5.90. The van der Waals surface area contributed by atoms with Crippen LogP contribution in [0.4, 0.5) is 14.9 Å². The van der Waals surface area contributed by atoms with Gasteiger partial charge in [0.2, 0.25) is 0 Å². The van der Waals surface area contributed by atoms with Gasteiger partial charge in [0.25, 0.3) is 0 Å². The fourth-order valence-electron chi connectivity index (χ4n) is 5.31. The van der Waals surface area contributed by atoms with Crippen LogP contribution < -0.4 is 4.90 Å². The van der Waals surface area contributed by atoms with E-state index in [-0.39, 0.29) is 11.9 Å². The van der Waals surface area contributed by atoms with Crippen LogP contribution in [-0.2, 0) is 11.3 Å². The lowest BCUT2D eigenvalue weighted by atomic mass is 9.90. The van der Waals surface area contributed by atoms with E-state index >= 15 is 0 Å². The molecule has 2 heterocycles. The van der Waals surface area contributed by atoms with E-state index < -0.39 is 5.60 Å². The van der Waals surface area contributed by atoms with Gasteiger partial charge in [-0.3, -0.25) is 9.80 Å². The molecule has 33 heavy (non-hydrogen) atoms. The average molecular weight is 445 g/mol. The van der Waals surface area contributed by atoms with E-state index in [9.17, 15) is 9.18 Å². The zero-order valence-electron chi connectivity index (χ0n) is 19.2. The number of halogens is 1. The Morgan fingerprint density at radius 3 is 2.30 bits per heavy atom. The second-order valence-electron chi connectivity index (χ2n) is 9.36. The molecule has 0 N–H and O–H groups in total. The van der Waals surface area contributed by atoms with Gasteiger partial charge in [0.05, 0.1) is 6.54 Å². The number of rotatable bonds is 4. The minimum absolute atomic E-state index is 0.212. The zero-order chi connectivity index (χ0) is 23.0. The Balaban J connectivity index is 1.25. The number of carbonyl (C=O) groups excluding carboxylic acids is 1. The maximum absolute atomic E-state index is 13.7. The molecule has 0 aromatic heterocycles. The molecule has 1 spiro atoms. The van der Waals surface area contributed by atoms with Gasteiger partial charge >= 0.3 is 6.09 Å². The van der Waals surface area contributed by atoms with Crippen molar-refractivity contribution >= 4 is 11.8 Å². The van der Waals surface area contributed by atoms with Crippen LogP contribution in [0.2, 0.25) is 0 Å². The number of ether oxygens (including phenoxy) is 1. The lowest BCUT2D eigenvalue weighted by Gasteiger charge is -2.37. The molecule has 2 aliphatic heterocycles. The molecule has 0 atom stereocenters. The van der Waals surface area contributed by atoms with Crippen molar-refractivity contribution in [1.82, 2.24) is 4.90 Å². The third kappa shape index (κ3) is 4.38. The van der Waals surface area contributed by atoms with E-state index in [1.165, 1.54) is 11.6 Å². The second kappa shape index (κ2) is 8.64. The van der Waals surface area contributed by atoms with Crippen LogP contribution in [0.3, 0.4) is 0 Å². The number of para-hydroxylation sites is 1. The summed E-state index contributed by atoms with van der Waals surface area (Å²) >= 11 is 0. The van der Waals surface area contributed by atoms with Gasteiger partial charge in [-0.15, -0.1) is 0 Å². The van der Waals surface area contributed by atoms with Crippen LogP contribution in [-0.4, -0.2) is 36.2 Å². The molecule has 0 radical (unpaired) electrons. The summed E-state index contributed by atoms with van der Waals surface area (Å²) in [6.45, 7) is 7.44. The van der Waals surface area contributed by atoms with Crippen molar-refractivity contribution < 1.29 is 13.9 Å². The van der Waals surface area contributed by atoms with Gasteiger partial charge < -0.3 is 4.74 Å². The number of carbonyl (C=O) groups is 1. The van der Waals surface area contributed by atoms with Crippen LogP contribution in [0.25, 0.3) is 11.1 Å². The van der Waals surface area contributed by atoms with Crippen molar-refractivity contribution in [3.05, 3.63) is 89.2 Å². The van der Waals surface area contributed by atoms with Gasteiger partial charge in [0, 0.05) is 38.2 Å². The Kier molecular flexibility index (Phi) is 5.67. The van der Waals surface area contributed by atoms with Crippen LogP contribution in [0.1, 0.15) is 29.5 Å². The standard InChI is InChI=1S/C28H29FN2O2/c1-20-15-22(16-21(2)26(20)23-7-6-8-24(29)17-23)18-30-13-11-28(12-14-30)19-31(27(32)33-28)25-9-4-3-5-10-25/h3-10,15-17H,11-14,18-19H2,1-2H3. The SMILES string of the molecule is Cc1cc(CN2CCC3(CC2)CN(c2ccccc2)C(=O)O3)cc(C)c1-c1cccc(F)c1. The van der Waals surface area contributed by atoms with Crippen molar-refractivity contribution in [3.8, 4) is 11.1 Å². The Morgan fingerprint density at radius 2 is 1.64 bits per heavy atom. The van der Waals surface area contributed by atoms with Gasteiger partial charge in [-0.25, -0.2) is 9.18 Å². The normalized spacial score (nSPS) is 18.0. The van der Waals surface area contributed by atoms with Crippen LogP contribution in [0.5, 0.6) is 0 Å². The van der Waals surface area contributed by atoms with Gasteiger partial charge in [-0.2, -0.15) is 0 Å². The molecule has 5 rings (SSSR count). The number of anilines is 1. The third-order valence-corrected chi connectivity index (χ3v) is 6.92. The van der Waals surface area contributed by atoms with E-state index in [1.54, 1.807) is 17.0 Å². The molecule has 0 unspecified atom stereocenters. The van der Waals surface area contributed by atoms with E-state index in [0.717, 1.165) is 60.4 Å². The monoisotopic (exact) mass is 444 g/mol. The lowest BCUT2D eigenvalue weighted by molar-refractivity contribution is -0.000979. The van der Waals surface area contributed by atoms with E-state index in [1.807, 2.05) is 36.4 Å². The van der Waals surface area contributed by atoms with Crippen LogP contribution >= 0.6 is 0 Å². The quantitative estimate of drug-likeness (QED) is 0.487. The molecular formula is C28H29FN2O2. The molecule has 0 bridgehead atoms. The van der Waals surface area contributed by atoms with Gasteiger partial charge in [-0.1, -0.05) is 42.5 Å². The summed E-state index contributed by atoms with van der Waals surface area (Å²) < 4.78 is 19.6. The van der Waals surface area contributed by atoms with Gasteiger partial charge in [0.15, 0.2) is 0 Å². The molecule has 2 aliphatic rings. The first-order valence-electron chi connectivity index (χ1n) is 11.6. The molecule has 0 saturated carbocycles. The minimum atomic E-state index is -0.392. The minimum Gasteiger partial charge on any atom is -0.441 e. The summed E-state index contributed by atoms with van der Waals surface area (Å²) in [5.74, 6) is -0.212. The predicted molar refractivity (Wildman–Crippen MR) is 129 cm³/mol. The number of hydrogen-bond donors (Lipinski definition) is 0. The molecule has 2 saturated heterocycles. The lowest BCUT2D eigenvalue weighted by Crippen LogP contribution is -2.46. The van der Waals surface area contributed by atoms with Crippen molar-refractivity contribution in [1.29, 1.82) is 0 Å². The second-order valence-corrected chi connectivity index (χ2v) is 9.36. The van der Waals surface area contributed by atoms with E-state index in [4.69, 9.17) is 4.74 Å². The molecule has 3 aromatic rings. The van der Waals surface area contributed by atoms with Gasteiger partial charge in [0.1, 0.15) is 11.4 Å². The fraction of sp³-hybridized carbons (Fsp3) is 0.321. The van der Waals surface area contributed by atoms with Crippen molar-refractivity contribution in [2.24, 2.45) is 0 Å². The highest BCUT2D eigenvalue weighted by atomic mass is 19.1. The summed E-state index contributed by atoms with van der Waals surface area (Å²) in [5.41, 5.74) is 6.11. The number of hydrogen-bond acceptors (Lipinski definition) is 3. The number of piperidine rings is 1. The van der Waals surface area contributed by atoms with E-state index in [2.05, 4.69) is 30.9 Å². The fourth-order valence-corrected chi connectivity index (χ4v) is 5.31. The molecule has 170 valence electrons. The smallest absolute Gasteiger partial charge is 0.415 e. The van der Waals surface area contributed by atoms with Crippen LogP contribution in [0, 0.1) is 19.7 Å².